The second-order valence-corrected chi connectivity index (χ2v) is 4.48. The lowest BCUT2D eigenvalue weighted by atomic mass is 10.1. The Kier molecular flexibility index (Phi) is 3.85. The summed E-state index contributed by atoms with van der Waals surface area (Å²) in [5, 5.41) is 4.69. The lowest BCUT2D eigenvalue weighted by Crippen LogP contribution is -2.06. The number of ether oxygens (including phenoxy) is 1. The van der Waals surface area contributed by atoms with Gasteiger partial charge in [-0.3, -0.25) is 9.67 Å². The van der Waals surface area contributed by atoms with Crippen molar-refractivity contribution < 1.29 is 9.53 Å². The van der Waals surface area contributed by atoms with E-state index in [4.69, 9.17) is 16.3 Å². The lowest BCUT2D eigenvalue weighted by molar-refractivity contribution is 0.0518. The number of hydrogen-bond acceptors (Lipinski definition) is 4. The van der Waals surface area contributed by atoms with E-state index in [0.29, 0.717) is 11.6 Å². The smallest absolute Gasteiger partial charge is 0.358 e. The molecule has 0 aliphatic heterocycles. The first-order chi connectivity index (χ1) is 9.02. The molecule has 0 aliphatic carbocycles. The van der Waals surface area contributed by atoms with E-state index in [9.17, 15) is 4.79 Å². The zero-order valence-corrected chi connectivity index (χ0v) is 11.7. The highest BCUT2D eigenvalue weighted by molar-refractivity contribution is 6.30. The van der Waals surface area contributed by atoms with E-state index in [2.05, 4.69) is 10.1 Å². The van der Waals surface area contributed by atoms with Crippen LogP contribution in [0, 0.1) is 6.92 Å². The molecule has 100 valence electrons. The highest BCUT2D eigenvalue weighted by Crippen LogP contribution is 2.25. The summed E-state index contributed by atoms with van der Waals surface area (Å²) in [5.41, 5.74) is 2.72. The Bertz CT molecular complexity index is 622. The minimum Gasteiger partial charge on any atom is -0.461 e. The number of carbonyl (C=O) groups excluding carboxylic acids is 1. The molecule has 0 spiro atoms. The summed E-state index contributed by atoms with van der Waals surface area (Å²) in [4.78, 5) is 15.9. The van der Waals surface area contributed by atoms with Crippen molar-refractivity contribution >= 4 is 17.6 Å². The zero-order valence-electron chi connectivity index (χ0n) is 11.0. The Balaban J connectivity index is 2.46. The van der Waals surface area contributed by atoms with Crippen LogP contribution in [0.5, 0.6) is 0 Å². The van der Waals surface area contributed by atoms with Crippen LogP contribution in [0.25, 0.3) is 11.3 Å². The summed E-state index contributed by atoms with van der Waals surface area (Å²) in [5.74, 6) is -0.433. The van der Waals surface area contributed by atoms with Crippen molar-refractivity contribution in [2.24, 2.45) is 7.05 Å². The predicted octanol–water partition coefficient (Wildman–Crippen LogP) is 2.62. The zero-order chi connectivity index (χ0) is 14.0. The Labute approximate surface area is 116 Å². The molecule has 19 heavy (non-hydrogen) atoms. The molecule has 6 heteroatoms. The quantitative estimate of drug-likeness (QED) is 0.811. The van der Waals surface area contributed by atoms with Crippen LogP contribution in [-0.2, 0) is 11.8 Å². The van der Waals surface area contributed by atoms with Crippen LogP contribution in [0.4, 0.5) is 0 Å². The van der Waals surface area contributed by atoms with Crippen molar-refractivity contribution in [1.29, 1.82) is 0 Å². The maximum Gasteiger partial charge on any atom is 0.358 e. The number of hydrogen-bond donors (Lipinski definition) is 0. The van der Waals surface area contributed by atoms with Crippen LogP contribution in [0.1, 0.15) is 23.1 Å². The second kappa shape index (κ2) is 5.40. The molecule has 0 saturated heterocycles. The molecule has 0 aromatic carbocycles. The van der Waals surface area contributed by atoms with Crippen molar-refractivity contribution in [2.45, 2.75) is 13.8 Å². The maximum absolute atomic E-state index is 11.7. The van der Waals surface area contributed by atoms with Crippen molar-refractivity contribution in [3.8, 4) is 11.3 Å². The highest BCUT2D eigenvalue weighted by Gasteiger charge is 2.16. The van der Waals surface area contributed by atoms with Gasteiger partial charge in [0.25, 0.3) is 0 Å². The van der Waals surface area contributed by atoms with Gasteiger partial charge in [0.1, 0.15) is 0 Å². The molecule has 0 radical (unpaired) electrons. The van der Waals surface area contributed by atoms with E-state index < -0.39 is 5.97 Å². The third-order valence-electron chi connectivity index (χ3n) is 2.69. The van der Waals surface area contributed by atoms with Gasteiger partial charge in [0.2, 0.25) is 0 Å². The van der Waals surface area contributed by atoms with E-state index in [1.807, 2.05) is 6.92 Å². The molecule has 0 bridgehead atoms. The average Bonchev–Trinajstić information content (AvgIpc) is 2.75. The molecule has 0 unspecified atom stereocenters. The summed E-state index contributed by atoms with van der Waals surface area (Å²) in [7, 11) is 1.76. The molecule has 5 nitrogen and oxygen atoms in total. The first-order valence-electron chi connectivity index (χ1n) is 5.86. The van der Waals surface area contributed by atoms with E-state index >= 15 is 0 Å². The topological polar surface area (TPSA) is 57.0 Å². The minimum absolute atomic E-state index is 0.277. The van der Waals surface area contributed by atoms with E-state index in [1.54, 1.807) is 37.0 Å². The van der Waals surface area contributed by atoms with Crippen LogP contribution in [0.3, 0.4) is 0 Å². The Morgan fingerprint density at radius 2 is 2.21 bits per heavy atom. The predicted molar refractivity (Wildman–Crippen MR) is 72.1 cm³/mol. The Morgan fingerprint density at radius 1 is 1.47 bits per heavy atom. The normalized spacial score (nSPS) is 10.5. The summed E-state index contributed by atoms with van der Waals surface area (Å²) in [6.07, 6.45) is 1.59. The van der Waals surface area contributed by atoms with Crippen LogP contribution in [0.2, 0.25) is 5.02 Å². The number of esters is 1. The van der Waals surface area contributed by atoms with Crippen LogP contribution in [-0.4, -0.2) is 27.3 Å². The van der Waals surface area contributed by atoms with Gasteiger partial charge in [0, 0.05) is 24.5 Å². The third-order valence-corrected chi connectivity index (χ3v) is 2.90. The monoisotopic (exact) mass is 279 g/mol. The van der Waals surface area contributed by atoms with Crippen LogP contribution < -0.4 is 0 Å². The molecule has 0 amide bonds. The standard InChI is InChI=1S/C13H14ClN3O2/c1-4-19-13(18)11-6-12(17(3)16-11)10-5-9(14)7-15-8(10)2/h5-7H,4H2,1-3H3. The molecular weight excluding hydrogens is 266 g/mol. The largest absolute Gasteiger partial charge is 0.461 e. The molecule has 0 atom stereocenters. The minimum atomic E-state index is -0.433. The summed E-state index contributed by atoms with van der Waals surface area (Å²) >= 11 is 5.95. The fourth-order valence-electron chi connectivity index (χ4n) is 1.79. The molecule has 0 saturated carbocycles. The number of rotatable bonds is 3. The molecule has 0 aliphatic rings. The van der Waals surface area contributed by atoms with Gasteiger partial charge >= 0.3 is 5.97 Å². The number of carbonyl (C=O) groups is 1. The van der Waals surface area contributed by atoms with Gasteiger partial charge in [-0.15, -0.1) is 0 Å². The number of pyridine rings is 1. The molecule has 2 aromatic rings. The number of aryl methyl sites for hydroxylation is 2. The fraction of sp³-hybridized carbons (Fsp3) is 0.308. The van der Waals surface area contributed by atoms with Crippen molar-refractivity contribution in [2.75, 3.05) is 6.61 Å². The van der Waals surface area contributed by atoms with Gasteiger partial charge in [-0.05, 0) is 26.0 Å². The summed E-state index contributed by atoms with van der Waals surface area (Å²) < 4.78 is 6.55. The molecule has 0 N–H and O–H groups in total. The number of aromatic nitrogens is 3. The molecule has 2 aromatic heterocycles. The van der Waals surface area contributed by atoms with Crippen molar-refractivity contribution in [3.63, 3.8) is 0 Å². The lowest BCUT2D eigenvalue weighted by Gasteiger charge is -2.05. The van der Waals surface area contributed by atoms with Gasteiger partial charge in [-0.1, -0.05) is 11.6 Å². The van der Waals surface area contributed by atoms with Gasteiger partial charge in [-0.25, -0.2) is 4.79 Å². The van der Waals surface area contributed by atoms with E-state index in [-0.39, 0.29) is 5.69 Å². The van der Waals surface area contributed by atoms with E-state index in [0.717, 1.165) is 17.0 Å². The summed E-state index contributed by atoms with van der Waals surface area (Å²) in [6.45, 7) is 3.96. The maximum atomic E-state index is 11.7. The SMILES string of the molecule is CCOC(=O)c1cc(-c2cc(Cl)cnc2C)n(C)n1. The average molecular weight is 280 g/mol. The van der Waals surface area contributed by atoms with Gasteiger partial charge in [0.15, 0.2) is 5.69 Å². The van der Waals surface area contributed by atoms with Crippen LogP contribution >= 0.6 is 11.6 Å². The van der Waals surface area contributed by atoms with Gasteiger partial charge in [0.05, 0.1) is 17.3 Å². The molecular formula is C13H14ClN3O2. The van der Waals surface area contributed by atoms with E-state index in [1.165, 1.54) is 0 Å². The number of nitrogens with zero attached hydrogens (tertiary/aromatic N) is 3. The second-order valence-electron chi connectivity index (χ2n) is 4.05. The van der Waals surface area contributed by atoms with Gasteiger partial charge in [-0.2, -0.15) is 5.10 Å². The first-order valence-corrected chi connectivity index (χ1v) is 6.24. The Hall–Kier alpha value is -1.88. The number of halogens is 1. The fourth-order valence-corrected chi connectivity index (χ4v) is 1.95. The third kappa shape index (κ3) is 2.76. The summed E-state index contributed by atoms with van der Waals surface area (Å²) in [6, 6.07) is 3.48. The Morgan fingerprint density at radius 3 is 2.89 bits per heavy atom. The van der Waals surface area contributed by atoms with Crippen LogP contribution in [0.15, 0.2) is 18.3 Å². The highest BCUT2D eigenvalue weighted by atomic mass is 35.5. The molecule has 0 fully saturated rings. The molecule has 2 heterocycles. The van der Waals surface area contributed by atoms with Gasteiger partial charge < -0.3 is 4.74 Å². The molecule has 2 rings (SSSR count). The first kappa shape index (κ1) is 13.5. The van der Waals surface area contributed by atoms with Crippen molar-refractivity contribution in [3.05, 3.63) is 34.7 Å². The van der Waals surface area contributed by atoms with Crippen molar-refractivity contribution in [1.82, 2.24) is 14.8 Å².